The maximum atomic E-state index is 4.59. The van der Waals surface area contributed by atoms with E-state index in [4.69, 9.17) is 0 Å². The minimum absolute atomic E-state index is 0.489. The van der Waals surface area contributed by atoms with Gasteiger partial charge in [-0.15, -0.1) is 0 Å². The number of anilines is 2. The minimum atomic E-state index is 0.489. The number of hydrogen-bond donors (Lipinski definition) is 3. The van der Waals surface area contributed by atoms with E-state index in [1.165, 1.54) is 30.5 Å². The molecule has 3 aromatic heterocycles. The van der Waals surface area contributed by atoms with Gasteiger partial charge >= 0.3 is 0 Å². The zero-order valence-corrected chi connectivity index (χ0v) is 20.5. The first-order valence-electron chi connectivity index (χ1n) is 12.8. The lowest BCUT2D eigenvalue weighted by Crippen LogP contribution is -2.31. The molecule has 184 valence electrons. The van der Waals surface area contributed by atoms with Gasteiger partial charge in [0.15, 0.2) is 0 Å². The summed E-state index contributed by atoms with van der Waals surface area (Å²) < 4.78 is 2.36. The minimum Gasteiger partial charge on any atom is -0.372 e. The molecule has 8 nitrogen and oxygen atoms in total. The second kappa shape index (κ2) is 11.4. The Labute approximate surface area is 207 Å². The fourth-order valence-corrected chi connectivity index (χ4v) is 5.38. The summed E-state index contributed by atoms with van der Waals surface area (Å²) in [5, 5.41) is 15.1. The van der Waals surface area contributed by atoms with E-state index in [-0.39, 0.29) is 0 Å². The molecule has 5 rings (SSSR count). The molecule has 0 amide bonds. The van der Waals surface area contributed by atoms with Crippen molar-refractivity contribution in [2.45, 2.75) is 38.1 Å². The molecule has 2 unspecified atom stereocenters. The van der Waals surface area contributed by atoms with E-state index in [2.05, 4.69) is 82.9 Å². The summed E-state index contributed by atoms with van der Waals surface area (Å²) in [6, 6.07) is 13.3. The molecule has 8 heteroatoms. The lowest BCUT2D eigenvalue weighted by Gasteiger charge is -2.26. The first-order chi connectivity index (χ1) is 17.3. The molecule has 3 N–H and O–H groups in total. The predicted octanol–water partition coefficient (Wildman–Crippen LogP) is 4.27. The highest BCUT2D eigenvalue weighted by Crippen LogP contribution is 2.38. The first kappa shape index (κ1) is 23.4. The van der Waals surface area contributed by atoms with Crippen LogP contribution >= 0.6 is 0 Å². The van der Waals surface area contributed by atoms with Gasteiger partial charge in [-0.2, -0.15) is 5.10 Å². The molecular weight excluding hydrogens is 436 g/mol. The van der Waals surface area contributed by atoms with E-state index < -0.39 is 0 Å². The quantitative estimate of drug-likeness (QED) is 0.267. The van der Waals surface area contributed by atoms with E-state index in [0.29, 0.717) is 12.0 Å². The van der Waals surface area contributed by atoms with Crippen LogP contribution in [-0.4, -0.2) is 58.0 Å². The van der Waals surface area contributed by atoms with Crippen molar-refractivity contribution in [3.05, 3.63) is 66.9 Å². The van der Waals surface area contributed by atoms with Crippen molar-refractivity contribution in [3.63, 3.8) is 0 Å². The Bertz CT molecular complexity index is 1170. The fourth-order valence-electron chi connectivity index (χ4n) is 5.38. The normalized spacial score (nSPS) is 17.7. The average Bonchev–Trinajstić information content (AvgIpc) is 3.66. The van der Waals surface area contributed by atoms with Gasteiger partial charge in [0.1, 0.15) is 17.8 Å². The molecule has 1 aliphatic carbocycles. The molecule has 4 aromatic rings. The summed E-state index contributed by atoms with van der Waals surface area (Å²) in [5.74, 6) is 1.55. The Morgan fingerprint density at radius 2 is 2.03 bits per heavy atom. The van der Waals surface area contributed by atoms with Crippen molar-refractivity contribution < 1.29 is 0 Å². The summed E-state index contributed by atoms with van der Waals surface area (Å²) >= 11 is 0. The van der Waals surface area contributed by atoms with Gasteiger partial charge < -0.3 is 20.1 Å². The van der Waals surface area contributed by atoms with E-state index in [0.717, 1.165) is 55.9 Å². The molecule has 2 atom stereocenters. The SMILES string of the molecule is CNc1ncnc2c1ccn2C1CCC(CN(CCCNCCc2ccccc2)c2cn[nH]c2)C1. The molecule has 0 radical (unpaired) electrons. The lowest BCUT2D eigenvalue weighted by molar-refractivity contribution is 0.476. The van der Waals surface area contributed by atoms with Gasteiger partial charge in [0.25, 0.3) is 0 Å². The van der Waals surface area contributed by atoms with Crippen molar-refractivity contribution in [2.75, 3.05) is 43.4 Å². The Kier molecular flexibility index (Phi) is 7.58. The molecule has 0 saturated heterocycles. The molecule has 1 fully saturated rings. The van der Waals surface area contributed by atoms with Gasteiger partial charge in [-0.05, 0) is 62.7 Å². The number of rotatable bonds is 12. The van der Waals surface area contributed by atoms with Crippen LogP contribution < -0.4 is 15.5 Å². The molecule has 1 saturated carbocycles. The zero-order valence-electron chi connectivity index (χ0n) is 20.5. The van der Waals surface area contributed by atoms with Crippen LogP contribution in [0.4, 0.5) is 11.5 Å². The van der Waals surface area contributed by atoms with Crippen LogP contribution in [0, 0.1) is 5.92 Å². The summed E-state index contributed by atoms with van der Waals surface area (Å²) in [6.45, 7) is 4.14. The van der Waals surface area contributed by atoms with E-state index in [9.17, 15) is 0 Å². The monoisotopic (exact) mass is 472 g/mol. The van der Waals surface area contributed by atoms with Crippen molar-refractivity contribution in [2.24, 2.45) is 5.92 Å². The molecule has 0 spiro atoms. The number of fused-ring (bicyclic) bond motifs is 1. The van der Waals surface area contributed by atoms with Crippen molar-refractivity contribution >= 4 is 22.5 Å². The number of nitrogens with one attached hydrogen (secondary N) is 3. The average molecular weight is 473 g/mol. The van der Waals surface area contributed by atoms with Gasteiger partial charge in [-0.25, -0.2) is 9.97 Å². The highest BCUT2D eigenvalue weighted by atomic mass is 15.2. The topological polar surface area (TPSA) is 86.7 Å². The molecule has 35 heavy (non-hydrogen) atoms. The molecule has 1 aliphatic rings. The second-order valence-corrected chi connectivity index (χ2v) is 9.51. The van der Waals surface area contributed by atoms with Crippen molar-refractivity contribution in [1.29, 1.82) is 0 Å². The third-order valence-corrected chi connectivity index (χ3v) is 7.20. The smallest absolute Gasteiger partial charge is 0.145 e. The van der Waals surface area contributed by atoms with Gasteiger partial charge in [-0.3, -0.25) is 5.10 Å². The lowest BCUT2D eigenvalue weighted by atomic mass is 10.1. The first-order valence-corrected chi connectivity index (χ1v) is 12.8. The Hall–Kier alpha value is -3.39. The van der Waals surface area contributed by atoms with Crippen LogP contribution in [0.15, 0.2) is 61.3 Å². The summed E-state index contributed by atoms with van der Waals surface area (Å²) in [6.07, 6.45) is 13.6. The van der Waals surface area contributed by atoms with Crippen LogP contribution in [-0.2, 0) is 6.42 Å². The molecule has 0 aliphatic heterocycles. The number of benzene rings is 1. The third kappa shape index (κ3) is 5.65. The van der Waals surface area contributed by atoms with E-state index in [1.807, 2.05) is 19.4 Å². The van der Waals surface area contributed by atoms with Crippen molar-refractivity contribution in [1.82, 2.24) is 30.0 Å². The highest BCUT2D eigenvalue weighted by Gasteiger charge is 2.29. The van der Waals surface area contributed by atoms with Crippen LogP contribution in [0.3, 0.4) is 0 Å². The van der Waals surface area contributed by atoms with Crippen LogP contribution in [0.2, 0.25) is 0 Å². The molecule has 0 bridgehead atoms. The molecule has 1 aromatic carbocycles. The largest absolute Gasteiger partial charge is 0.372 e. The summed E-state index contributed by atoms with van der Waals surface area (Å²) in [5.41, 5.74) is 3.61. The van der Waals surface area contributed by atoms with Crippen LogP contribution in [0.5, 0.6) is 0 Å². The van der Waals surface area contributed by atoms with Gasteiger partial charge in [0, 0.05) is 38.6 Å². The number of H-pyrrole nitrogens is 1. The number of aromatic nitrogens is 5. The maximum absolute atomic E-state index is 4.59. The van der Waals surface area contributed by atoms with Gasteiger partial charge in [-0.1, -0.05) is 30.3 Å². The summed E-state index contributed by atoms with van der Waals surface area (Å²) in [7, 11) is 1.91. The standard InChI is InChI=1S/C27H36N8/c1-28-26-25-11-15-35(27(25)31-20-30-26)23-9-8-22(16-23)19-34(24-17-32-33-18-24)14-5-12-29-13-10-21-6-3-2-4-7-21/h2-4,6-7,11,15,17-18,20,22-23,29H,5,8-10,12-14,16,19H2,1H3,(H,32,33)(H,28,30,31). The number of hydrogen-bond acceptors (Lipinski definition) is 6. The third-order valence-electron chi connectivity index (χ3n) is 7.20. The molecular formula is C27H36N8. The number of nitrogens with zero attached hydrogens (tertiary/aromatic N) is 5. The van der Waals surface area contributed by atoms with E-state index in [1.54, 1.807) is 6.33 Å². The Morgan fingerprint density at radius 1 is 1.11 bits per heavy atom. The highest BCUT2D eigenvalue weighted by molar-refractivity contribution is 5.87. The fraction of sp³-hybridized carbons (Fsp3) is 0.444. The van der Waals surface area contributed by atoms with Crippen LogP contribution in [0.1, 0.15) is 37.3 Å². The summed E-state index contributed by atoms with van der Waals surface area (Å²) in [4.78, 5) is 11.4. The second-order valence-electron chi connectivity index (χ2n) is 9.51. The van der Waals surface area contributed by atoms with Crippen LogP contribution in [0.25, 0.3) is 11.0 Å². The zero-order chi connectivity index (χ0) is 23.9. The molecule has 3 heterocycles. The van der Waals surface area contributed by atoms with Gasteiger partial charge in [0.2, 0.25) is 0 Å². The Morgan fingerprint density at radius 3 is 2.86 bits per heavy atom. The van der Waals surface area contributed by atoms with Gasteiger partial charge in [0.05, 0.1) is 17.3 Å². The van der Waals surface area contributed by atoms with E-state index >= 15 is 0 Å². The Balaban J connectivity index is 1.13. The maximum Gasteiger partial charge on any atom is 0.145 e. The number of aromatic amines is 1. The van der Waals surface area contributed by atoms with Crippen molar-refractivity contribution in [3.8, 4) is 0 Å². The predicted molar refractivity (Wildman–Crippen MR) is 142 cm³/mol.